The lowest BCUT2D eigenvalue weighted by atomic mass is 9.95. The van der Waals surface area contributed by atoms with Crippen LogP contribution in [0.3, 0.4) is 0 Å². The summed E-state index contributed by atoms with van der Waals surface area (Å²) in [5.41, 5.74) is 7.14. The molecule has 5 heteroatoms. The Bertz CT molecular complexity index is 720. The normalized spacial score (nSPS) is 11.4. The Morgan fingerprint density at radius 3 is 2.67 bits per heavy atom. The van der Waals surface area contributed by atoms with Crippen molar-refractivity contribution in [3.05, 3.63) is 34.3 Å². The lowest BCUT2D eigenvalue weighted by molar-refractivity contribution is 0.517. The molecule has 2 N–H and O–H groups in total. The number of nitrogen functional groups attached to an aromatic ring is 1. The van der Waals surface area contributed by atoms with E-state index in [1.807, 2.05) is 20.8 Å². The van der Waals surface area contributed by atoms with Gasteiger partial charge in [-0.2, -0.15) is 0 Å². The van der Waals surface area contributed by atoms with E-state index in [1.54, 1.807) is 10.6 Å². The van der Waals surface area contributed by atoms with Gasteiger partial charge in [-0.1, -0.05) is 42.6 Å². The predicted molar refractivity (Wildman–Crippen MR) is 87.3 cm³/mol. The van der Waals surface area contributed by atoms with Crippen LogP contribution in [-0.4, -0.2) is 9.55 Å². The molecule has 1 aromatic heterocycles. The first-order valence-corrected chi connectivity index (χ1v) is 7.30. The van der Waals surface area contributed by atoms with Crippen LogP contribution in [0.4, 0.5) is 10.2 Å². The van der Waals surface area contributed by atoms with Crippen LogP contribution in [0.15, 0.2) is 22.7 Å². The first kappa shape index (κ1) is 15.6. The van der Waals surface area contributed by atoms with Crippen molar-refractivity contribution in [3.8, 4) is 23.6 Å². The summed E-state index contributed by atoms with van der Waals surface area (Å²) < 4.78 is 16.1. The fraction of sp³-hybridized carbons (Fsp3) is 0.312. The molecule has 0 aliphatic rings. The third kappa shape index (κ3) is 2.96. The average molecular weight is 350 g/mol. The van der Waals surface area contributed by atoms with Gasteiger partial charge in [0.05, 0.1) is 6.54 Å². The maximum Gasteiger partial charge on any atom is 0.132 e. The number of imidazole rings is 1. The molecule has 1 heterocycles. The van der Waals surface area contributed by atoms with Gasteiger partial charge in [0.1, 0.15) is 23.2 Å². The lowest BCUT2D eigenvalue weighted by Gasteiger charge is -2.18. The topological polar surface area (TPSA) is 43.8 Å². The van der Waals surface area contributed by atoms with Crippen LogP contribution in [0, 0.1) is 18.2 Å². The van der Waals surface area contributed by atoms with Gasteiger partial charge in [-0.05, 0) is 18.2 Å². The van der Waals surface area contributed by atoms with Gasteiger partial charge in [-0.15, -0.1) is 6.42 Å². The number of hydrogen-bond donors (Lipinski definition) is 1. The van der Waals surface area contributed by atoms with Crippen LogP contribution in [0.1, 0.15) is 26.6 Å². The number of nitrogens with zero attached hydrogens (tertiary/aromatic N) is 2. The molecule has 0 bridgehead atoms. The number of rotatable bonds is 2. The maximum atomic E-state index is 13.5. The third-order valence-electron chi connectivity index (χ3n) is 3.11. The Labute approximate surface area is 132 Å². The zero-order chi connectivity index (χ0) is 15.8. The molecule has 0 saturated carbocycles. The summed E-state index contributed by atoms with van der Waals surface area (Å²) in [7, 11) is 0. The van der Waals surface area contributed by atoms with Gasteiger partial charge in [0.25, 0.3) is 0 Å². The van der Waals surface area contributed by atoms with E-state index in [1.165, 1.54) is 12.1 Å². The van der Waals surface area contributed by atoms with Gasteiger partial charge in [0.15, 0.2) is 0 Å². The Balaban J connectivity index is 2.71. The van der Waals surface area contributed by atoms with Crippen molar-refractivity contribution < 1.29 is 4.39 Å². The van der Waals surface area contributed by atoms with Crippen molar-refractivity contribution >= 4 is 21.7 Å². The molecule has 110 valence electrons. The van der Waals surface area contributed by atoms with Crippen molar-refractivity contribution in [1.82, 2.24) is 9.55 Å². The molecule has 0 spiro atoms. The molecule has 0 saturated heterocycles. The van der Waals surface area contributed by atoms with Crippen LogP contribution in [0.5, 0.6) is 0 Å². The Kier molecular flexibility index (Phi) is 4.11. The number of nitrogens with two attached hydrogens (primary N) is 1. The van der Waals surface area contributed by atoms with Gasteiger partial charge in [-0.3, -0.25) is 0 Å². The minimum Gasteiger partial charge on any atom is -0.383 e. The quantitative estimate of drug-likeness (QED) is 0.833. The molecule has 0 aliphatic carbocycles. The maximum absolute atomic E-state index is 13.5. The number of halogens is 2. The Hall–Kier alpha value is -1.80. The highest BCUT2D eigenvalue weighted by molar-refractivity contribution is 9.10. The van der Waals surface area contributed by atoms with E-state index in [9.17, 15) is 4.39 Å². The van der Waals surface area contributed by atoms with Crippen molar-refractivity contribution in [2.45, 2.75) is 32.7 Å². The fourth-order valence-corrected chi connectivity index (χ4v) is 2.60. The predicted octanol–water partition coefficient (Wildman–Crippen LogP) is 3.96. The summed E-state index contributed by atoms with van der Waals surface area (Å²) in [5.74, 6) is 3.48. The summed E-state index contributed by atoms with van der Waals surface area (Å²) >= 11 is 3.41. The molecule has 0 unspecified atom stereocenters. The van der Waals surface area contributed by atoms with E-state index in [-0.39, 0.29) is 11.2 Å². The Morgan fingerprint density at radius 2 is 2.10 bits per heavy atom. The van der Waals surface area contributed by atoms with Crippen LogP contribution >= 0.6 is 15.9 Å². The molecule has 0 atom stereocenters. The van der Waals surface area contributed by atoms with Gasteiger partial charge >= 0.3 is 0 Å². The van der Waals surface area contributed by atoms with E-state index in [4.69, 9.17) is 12.2 Å². The van der Waals surface area contributed by atoms with E-state index >= 15 is 0 Å². The Morgan fingerprint density at radius 1 is 1.43 bits per heavy atom. The molecule has 0 amide bonds. The highest BCUT2D eigenvalue weighted by atomic mass is 79.9. The average Bonchev–Trinajstić information content (AvgIpc) is 2.71. The zero-order valence-corrected chi connectivity index (χ0v) is 13.8. The molecule has 2 rings (SSSR count). The van der Waals surface area contributed by atoms with Gasteiger partial charge < -0.3 is 10.3 Å². The molecular formula is C16H17BrFN3. The summed E-state index contributed by atoms with van der Waals surface area (Å²) in [6, 6.07) is 4.43. The van der Waals surface area contributed by atoms with Gasteiger partial charge in [-0.25, -0.2) is 9.37 Å². The van der Waals surface area contributed by atoms with Crippen LogP contribution < -0.4 is 5.73 Å². The minimum absolute atomic E-state index is 0.219. The van der Waals surface area contributed by atoms with Crippen LogP contribution in [-0.2, 0) is 12.0 Å². The van der Waals surface area contributed by atoms with Gasteiger partial charge in [0, 0.05) is 15.5 Å². The van der Waals surface area contributed by atoms with Crippen molar-refractivity contribution in [1.29, 1.82) is 0 Å². The number of benzene rings is 1. The van der Waals surface area contributed by atoms with E-state index < -0.39 is 0 Å². The second-order valence-corrected chi connectivity index (χ2v) is 6.69. The summed E-state index contributed by atoms with van der Waals surface area (Å²) in [6.45, 7) is 6.43. The molecule has 0 radical (unpaired) electrons. The highest BCUT2D eigenvalue weighted by Crippen LogP contribution is 2.35. The minimum atomic E-state index is -0.337. The molecule has 21 heavy (non-hydrogen) atoms. The summed E-state index contributed by atoms with van der Waals surface area (Å²) in [4.78, 5) is 4.62. The van der Waals surface area contributed by atoms with Crippen molar-refractivity contribution in [3.63, 3.8) is 0 Å². The molecular weight excluding hydrogens is 333 g/mol. The molecule has 0 aliphatic heterocycles. The van der Waals surface area contributed by atoms with E-state index in [0.717, 1.165) is 10.3 Å². The summed E-state index contributed by atoms with van der Waals surface area (Å²) in [6.07, 6.45) is 5.42. The third-order valence-corrected chi connectivity index (χ3v) is 3.80. The van der Waals surface area contributed by atoms with E-state index in [0.29, 0.717) is 23.6 Å². The second kappa shape index (κ2) is 5.53. The van der Waals surface area contributed by atoms with Crippen molar-refractivity contribution in [2.75, 3.05) is 5.73 Å². The van der Waals surface area contributed by atoms with E-state index in [2.05, 4.69) is 26.8 Å². The molecule has 2 aromatic rings. The molecule has 3 nitrogen and oxygen atoms in total. The van der Waals surface area contributed by atoms with Crippen molar-refractivity contribution in [2.24, 2.45) is 0 Å². The smallest absolute Gasteiger partial charge is 0.132 e. The van der Waals surface area contributed by atoms with Gasteiger partial charge in [0.2, 0.25) is 0 Å². The van der Waals surface area contributed by atoms with Crippen LogP contribution in [0.2, 0.25) is 0 Å². The second-order valence-electron chi connectivity index (χ2n) is 5.83. The monoisotopic (exact) mass is 349 g/mol. The fourth-order valence-electron chi connectivity index (χ4n) is 2.17. The largest absolute Gasteiger partial charge is 0.383 e. The lowest BCUT2D eigenvalue weighted by Crippen LogP contribution is -2.19. The molecule has 0 fully saturated rings. The first-order valence-electron chi connectivity index (χ1n) is 6.51. The first-order chi connectivity index (χ1) is 9.75. The van der Waals surface area contributed by atoms with Crippen LogP contribution in [0.25, 0.3) is 11.3 Å². The standard InChI is InChI=1S/C16H17BrFN3/c1-5-8-21-14(19)13(20-15(21)16(2,3)4)11-9-10(18)6-7-12(11)17/h1,6-7,9H,8,19H2,2-4H3. The highest BCUT2D eigenvalue weighted by Gasteiger charge is 2.26. The number of aromatic nitrogens is 2. The SMILES string of the molecule is C#CCn1c(C(C)(C)C)nc(-c2cc(F)ccc2Br)c1N. The molecule has 1 aromatic carbocycles. The number of hydrogen-bond acceptors (Lipinski definition) is 2. The summed E-state index contributed by atoms with van der Waals surface area (Å²) in [5, 5.41) is 0. The zero-order valence-electron chi connectivity index (χ0n) is 12.2. The number of anilines is 1. The number of terminal acetylenes is 1.